The average Bonchev–Trinajstić information content (AvgIpc) is 3.05. The number of carbonyl (C=O) groups is 3. The first-order valence-corrected chi connectivity index (χ1v) is 5.71. The Balaban J connectivity index is 2.33. The summed E-state index contributed by atoms with van der Waals surface area (Å²) in [7, 11) is 1.52. The molecule has 17 heavy (non-hydrogen) atoms. The number of likely N-dealkylation sites (N-methyl/N-ethyl adjacent to an activating group) is 1. The minimum absolute atomic E-state index is 0.0122. The number of hydrogen-bond donors (Lipinski definition) is 2. The molecule has 1 fully saturated rings. The van der Waals surface area contributed by atoms with Crippen molar-refractivity contribution in [3.05, 3.63) is 0 Å². The number of nitrogens with zero attached hydrogens (tertiary/aromatic N) is 1. The monoisotopic (exact) mass is 242 g/mol. The van der Waals surface area contributed by atoms with Crippen LogP contribution in [0.4, 0.5) is 0 Å². The summed E-state index contributed by atoms with van der Waals surface area (Å²) in [5.74, 6) is -2.42. The molecular weight excluding hydrogens is 224 g/mol. The zero-order valence-corrected chi connectivity index (χ0v) is 10.1. The second kappa shape index (κ2) is 5.65. The highest BCUT2D eigenvalue weighted by Gasteiger charge is 2.49. The molecule has 96 valence electrons. The standard InChI is InChI=1S/C11H18N2O4/c1-3-4-12-9(14)6-13(2)10(15)7-5-8(7)11(16)17/h7-8H,3-6H2,1-2H3,(H,12,14)(H,16,17). The van der Waals surface area contributed by atoms with Gasteiger partial charge in [-0.05, 0) is 12.8 Å². The lowest BCUT2D eigenvalue weighted by atomic mass is 10.3. The summed E-state index contributed by atoms with van der Waals surface area (Å²) in [6, 6.07) is 0. The van der Waals surface area contributed by atoms with E-state index in [9.17, 15) is 14.4 Å². The number of carboxylic acid groups (broad SMARTS) is 1. The highest BCUT2D eigenvalue weighted by molar-refractivity contribution is 5.91. The molecule has 1 rings (SSSR count). The Bertz CT molecular complexity index is 329. The first-order chi connectivity index (χ1) is 7.97. The van der Waals surface area contributed by atoms with E-state index in [0.29, 0.717) is 13.0 Å². The fraction of sp³-hybridized carbons (Fsp3) is 0.727. The zero-order chi connectivity index (χ0) is 13.0. The Morgan fingerprint density at radius 1 is 1.35 bits per heavy atom. The van der Waals surface area contributed by atoms with Crippen LogP contribution < -0.4 is 5.32 Å². The van der Waals surface area contributed by atoms with E-state index in [2.05, 4.69) is 5.32 Å². The maximum Gasteiger partial charge on any atom is 0.307 e. The van der Waals surface area contributed by atoms with Crippen molar-refractivity contribution >= 4 is 17.8 Å². The molecule has 6 heteroatoms. The first kappa shape index (κ1) is 13.5. The molecule has 0 radical (unpaired) electrons. The second-order valence-corrected chi connectivity index (χ2v) is 4.33. The summed E-state index contributed by atoms with van der Waals surface area (Å²) in [5.41, 5.74) is 0. The fourth-order valence-electron chi connectivity index (χ4n) is 1.64. The molecule has 0 aromatic carbocycles. The molecule has 1 aliphatic carbocycles. The quantitative estimate of drug-likeness (QED) is 0.669. The molecule has 0 aromatic rings. The van der Waals surface area contributed by atoms with Crippen LogP contribution in [0.3, 0.4) is 0 Å². The van der Waals surface area contributed by atoms with Crippen LogP contribution in [0.1, 0.15) is 19.8 Å². The molecule has 1 saturated carbocycles. The number of rotatable bonds is 6. The van der Waals surface area contributed by atoms with Gasteiger partial charge >= 0.3 is 5.97 Å². The van der Waals surface area contributed by atoms with Gasteiger partial charge in [0.15, 0.2) is 0 Å². The molecule has 6 nitrogen and oxygen atoms in total. The van der Waals surface area contributed by atoms with Gasteiger partial charge in [-0.25, -0.2) is 0 Å². The Morgan fingerprint density at radius 3 is 2.47 bits per heavy atom. The van der Waals surface area contributed by atoms with E-state index in [0.717, 1.165) is 6.42 Å². The topological polar surface area (TPSA) is 86.7 Å². The molecule has 2 atom stereocenters. The van der Waals surface area contributed by atoms with Crippen LogP contribution in [-0.4, -0.2) is 47.9 Å². The first-order valence-electron chi connectivity index (χ1n) is 5.71. The minimum Gasteiger partial charge on any atom is -0.481 e. The number of nitrogens with one attached hydrogen (secondary N) is 1. The van der Waals surface area contributed by atoms with Crippen LogP contribution in [0.5, 0.6) is 0 Å². The summed E-state index contributed by atoms with van der Waals surface area (Å²) >= 11 is 0. The van der Waals surface area contributed by atoms with Crippen LogP contribution in [-0.2, 0) is 14.4 Å². The molecule has 2 N–H and O–H groups in total. The van der Waals surface area contributed by atoms with Crippen molar-refractivity contribution in [1.82, 2.24) is 10.2 Å². The summed E-state index contributed by atoms with van der Waals surface area (Å²) < 4.78 is 0. The third-order valence-corrected chi connectivity index (χ3v) is 2.75. The van der Waals surface area contributed by atoms with Gasteiger partial charge in [0.1, 0.15) is 0 Å². The van der Waals surface area contributed by atoms with Crippen LogP contribution in [0.25, 0.3) is 0 Å². The van der Waals surface area contributed by atoms with Crippen molar-refractivity contribution in [3.63, 3.8) is 0 Å². The van der Waals surface area contributed by atoms with E-state index >= 15 is 0 Å². The molecule has 0 aromatic heterocycles. The fourth-order valence-corrected chi connectivity index (χ4v) is 1.64. The van der Waals surface area contributed by atoms with Gasteiger partial charge in [0.2, 0.25) is 11.8 Å². The van der Waals surface area contributed by atoms with E-state index in [1.54, 1.807) is 0 Å². The lowest BCUT2D eigenvalue weighted by molar-refractivity contribution is -0.142. The zero-order valence-electron chi connectivity index (χ0n) is 10.1. The normalized spacial score (nSPS) is 21.8. The van der Waals surface area contributed by atoms with Gasteiger partial charge in [0.05, 0.1) is 18.4 Å². The van der Waals surface area contributed by atoms with E-state index in [-0.39, 0.29) is 18.4 Å². The summed E-state index contributed by atoms with van der Waals surface area (Å²) in [6.07, 6.45) is 1.22. The number of aliphatic carboxylic acids is 1. The van der Waals surface area contributed by atoms with Crippen molar-refractivity contribution < 1.29 is 19.5 Å². The predicted molar refractivity (Wildman–Crippen MR) is 60.2 cm³/mol. The van der Waals surface area contributed by atoms with E-state index in [1.165, 1.54) is 11.9 Å². The van der Waals surface area contributed by atoms with E-state index in [4.69, 9.17) is 5.11 Å². The van der Waals surface area contributed by atoms with E-state index in [1.807, 2.05) is 6.92 Å². The molecule has 0 aliphatic heterocycles. The number of hydrogen-bond acceptors (Lipinski definition) is 3. The second-order valence-electron chi connectivity index (χ2n) is 4.33. The van der Waals surface area contributed by atoms with Gasteiger partial charge in [-0.3, -0.25) is 14.4 Å². The third kappa shape index (κ3) is 3.72. The highest BCUT2D eigenvalue weighted by atomic mass is 16.4. The molecule has 0 heterocycles. The van der Waals surface area contributed by atoms with E-state index < -0.39 is 17.8 Å². The molecule has 2 amide bonds. The Kier molecular flexibility index (Phi) is 4.48. The van der Waals surface area contributed by atoms with Crippen LogP contribution in [0, 0.1) is 11.8 Å². The number of amides is 2. The van der Waals surface area contributed by atoms with Crippen molar-refractivity contribution in [1.29, 1.82) is 0 Å². The van der Waals surface area contributed by atoms with Gasteiger partial charge in [-0.2, -0.15) is 0 Å². The molecule has 1 aliphatic rings. The molecular formula is C11H18N2O4. The molecule has 2 unspecified atom stereocenters. The smallest absolute Gasteiger partial charge is 0.307 e. The van der Waals surface area contributed by atoms with Crippen molar-refractivity contribution in [2.45, 2.75) is 19.8 Å². The van der Waals surface area contributed by atoms with Gasteiger partial charge < -0.3 is 15.3 Å². The van der Waals surface area contributed by atoms with Gasteiger partial charge in [-0.15, -0.1) is 0 Å². The van der Waals surface area contributed by atoms with Crippen molar-refractivity contribution in [2.75, 3.05) is 20.1 Å². The third-order valence-electron chi connectivity index (χ3n) is 2.75. The summed E-state index contributed by atoms with van der Waals surface area (Å²) in [4.78, 5) is 35.0. The van der Waals surface area contributed by atoms with Crippen LogP contribution in [0.2, 0.25) is 0 Å². The average molecular weight is 242 g/mol. The molecule has 0 saturated heterocycles. The van der Waals surface area contributed by atoms with Gasteiger partial charge in [0, 0.05) is 13.6 Å². The Hall–Kier alpha value is -1.59. The van der Waals surface area contributed by atoms with Crippen molar-refractivity contribution in [3.8, 4) is 0 Å². The lowest BCUT2D eigenvalue weighted by Crippen LogP contribution is -2.39. The Labute approximate surface area is 100.0 Å². The number of carbonyl (C=O) groups excluding carboxylic acids is 2. The molecule has 0 bridgehead atoms. The largest absolute Gasteiger partial charge is 0.481 e. The van der Waals surface area contributed by atoms with Crippen LogP contribution in [0.15, 0.2) is 0 Å². The maximum atomic E-state index is 11.7. The highest BCUT2D eigenvalue weighted by Crippen LogP contribution is 2.39. The molecule has 0 spiro atoms. The Morgan fingerprint density at radius 2 is 2.00 bits per heavy atom. The SMILES string of the molecule is CCCNC(=O)CN(C)C(=O)C1CC1C(=O)O. The van der Waals surface area contributed by atoms with Gasteiger partial charge in [-0.1, -0.05) is 6.92 Å². The van der Waals surface area contributed by atoms with Crippen LogP contribution >= 0.6 is 0 Å². The van der Waals surface area contributed by atoms with Crippen molar-refractivity contribution in [2.24, 2.45) is 11.8 Å². The lowest BCUT2D eigenvalue weighted by Gasteiger charge is -2.16. The maximum absolute atomic E-state index is 11.7. The van der Waals surface area contributed by atoms with Gasteiger partial charge in [0.25, 0.3) is 0 Å². The predicted octanol–water partition coefficient (Wildman–Crippen LogP) is -0.308. The summed E-state index contributed by atoms with van der Waals surface area (Å²) in [5, 5.41) is 11.4. The number of carboxylic acids is 1. The minimum atomic E-state index is -0.938. The summed E-state index contributed by atoms with van der Waals surface area (Å²) in [6.45, 7) is 2.51.